The standard InChI is InChI=1S/C18H27N3O2/c1-4-8-17(22)19-11-18(23)21-12-14-9-6-7-10-16(14)20(3)13-15(21)5-2/h6-7,9-10,15H,4-5,8,11-13H2,1-3H3,(H,19,22)/t15-/m1/s1. The van der Waals surface area contributed by atoms with E-state index < -0.39 is 0 Å². The minimum Gasteiger partial charge on any atom is -0.372 e. The number of rotatable bonds is 5. The van der Waals surface area contributed by atoms with Gasteiger partial charge in [0.25, 0.3) is 0 Å². The van der Waals surface area contributed by atoms with Crippen molar-refractivity contribution in [1.29, 1.82) is 0 Å². The second kappa shape index (κ2) is 7.99. The van der Waals surface area contributed by atoms with E-state index in [0.717, 1.165) is 24.9 Å². The van der Waals surface area contributed by atoms with E-state index in [-0.39, 0.29) is 24.4 Å². The molecule has 2 amide bonds. The molecule has 5 nitrogen and oxygen atoms in total. The normalized spacial score (nSPS) is 17.4. The molecule has 0 unspecified atom stereocenters. The Kier molecular flexibility index (Phi) is 6.02. The van der Waals surface area contributed by atoms with E-state index in [9.17, 15) is 9.59 Å². The molecule has 0 fully saturated rings. The van der Waals surface area contributed by atoms with Gasteiger partial charge in [-0.15, -0.1) is 0 Å². The summed E-state index contributed by atoms with van der Waals surface area (Å²) in [6.07, 6.45) is 2.16. The minimum atomic E-state index is -0.0544. The molecule has 23 heavy (non-hydrogen) atoms. The number of hydrogen-bond acceptors (Lipinski definition) is 3. The highest BCUT2D eigenvalue weighted by Gasteiger charge is 2.28. The number of para-hydroxylation sites is 1. The Hall–Kier alpha value is -2.04. The molecule has 1 atom stereocenters. The van der Waals surface area contributed by atoms with Crippen LogP contribution in [0.5, 0.6) is 0 Å². The first kappa shape index (κ1) is 17.3. The number of nitrogens with zero attached hydrogens (tertiary/aromatic N) is 2. The van der Waals surface area contributed by atoms with Crippen molar-refractivity contribution in [2.75, 3.05) is 25.0 Å². The predicted octanol–water partition coefficient (Wildman–Crippen LogP) is 2.16. The number of fused-ring (bicyclic) bond motifs is 1. The van der Waals surface area contributed by atoms with Crippen LogP contribution < -0.4 is 10.2 Å². The van der Waals surface area contributed by atoms with Gasteiger partial charge < -0.3 is 15.1 Å². The Morgan fingerprint density at radius 3 is 2.70 bits per heavy atom. The summed E-state index contributed by atoms with van der Waals surface area (Å²) in [7, 11) is 2.07. The molecule has 0 saturated carbocycles. The minimum absolute atomic E-state index is 0.00796. The summed E-state index contributed by atoms with van der Waals surface area (Å²) < 4.78 is 0. The molecule has 1 heterocycles. The summed E-state index contributed by atoms with van der Waals surface area (Å²) in [6, 6.07) is 8.35. The predicted molar refractivity (Wildman–Crippen MR) is 92.3 cm³/mol. The van der Waals surface area contributed by atoms with Gasteiger partial charge in [0.1, 0.15) is 0 Å². The first-order valence-electron chi connectivity index (χ1n) is 8.42. The fourth-order valence-corrected chi connectivity index (χ4v) is 3.08. The molecular formula is C18H27N3O2. The van der Waals surface area contributed by atoms with Crippen LogP contribution in [0.4, 0.5) is 5.69 Å². The molecule has 0 radical (unpaired) electrons. The van der Waals surface area contributed by atoms with E-state index in [1.807, 2.05) is 24.0 Å². The van der Waals surface area contributed by atoms with Crippen molar-refractivity contribution in [2.45, 2.75) is 45.7 Å². The number of amides is 2. The lowest BCUT2D eigenvalue weighted by molar-refractivity contribution is -0.135. The Bertz CT molecular complexity index is 559. The van der Waals surface area contributed by atoms with Gasteiger partial charge in [0.05, 0.1) is 6.54 Å². The summed E-state index contributed by atoms with van der Waals surface area (Å²) in [5.74, 6) is -0.0624. The summed E-state index contributed by atoms with van der Waals surface area (Å²) in [6.45, 7) is 5.55. The van der Waals surface area contributed by atoms with E-state index in [1.165, 1.54) is 5.69 Å². The highest BCUT2D eigenvalue weighted by Crippen LogP contribution is 2.26. The first-order valence-corrected chi connectivity index (χ1v) is 8.42. The highest BCUT2D eigenvalue weighted by molar-refractivity contribution is 5.85. The highest BCUT2D eigenvalue weighted by atomic mass is 16.2. The quantitative estimate of drug-likeness (QED) is 0.905. The zero-order valence-electron chi connectivity index (χ0n) is 14.3. The number of carbonyl (C=O) groups excluding carboxylic acids is 2. The summed E-state index contributed by atoms with van der Waals surface area (Å²) in [5, 5.41) is 2.74. The van der Waals surface area contributed by atoms with Crippen molar-refractivity contribution in [1.82, 2.24) is 10.2 Å². The van der Waals surface area contributed by atoms with Gasteiger partial charge in [-0.3, -0.25) is 9.59 Å². The third-order valence-corrected chi connectivity index (χ3v) is 4.37. The molecule has 0 aliphatic carbocycles. The Morgan fingerprint density at radius 2 is 2.00 bits per heavy atom. The third-order valence-electron chi connectivity index (χ3n) is 4.37. The molecule has 0 aromatic heterocycles. The topological polar surface area (TPSA) is 52.7 Å². The van der Waals surface area contributed by atoms with Crippen molar-refractivity contribution in [3.05, 3.63) is 29.8 Å². The summed E-state index contributed by atoms with van der Waals surface area (Å²) >= 11 is 0. The van der Waals surface area contributed by atoms with Crippen molar-refractivity contribution in [3.63, 3.8) is 0 Å². The van der Waals surface area contributed by atoms with Crippen molar-refractivity contribution in [2.24, 2.45) is 0 Å². The number of benzene rings is 1. The Balaban J connectivity index is 2.12. The fraction of sp³-hybridized carbons (Fsp3) is 0.556. The molecule has 0 bridgehead atoms. The summed E-state index contributed by atoms with van der Waals surface area (Å²) in [4.78, 5) is 28.4. The third kappa shape index (κ3) is 4.24. The van der Waals surface area contributed by atoms with Gasteiger partial charge in [-0.2, -0.15) is 0 Å². The molecule has 0 saturated heterocycles. The van der Waals surface area contributed by atoms with Gasteiger partial charge in [-0.25, -0.2) is 0 Å². The number of carbonyl (C=O) groups is 2. The molecule has 1 aromatic rings. The zero-order chi connectivity index (χ0) is 16.8. The molecule has 1 aliphatic heterocycles. The van der Waals surface area contributed by atoms with E-state index >= 15 is 0 Å². The lowest BCUT2D eigenvalue weighted by atomic mass is 10.1. The summed E-state index contributed by atoms with van der Waals surface area (Å²) in [5.41, 5.74) is 2.33. The second-order valence-corrected chi connectivity index (χ2v) is 6.12. The number of anilines is 1. The molecule has 126 valence electrons. The van der Waals surface area contributed by atoms with Crippen LogP contribution in [-0.4, -0.2) is 42.9 Å². The molecule has 5 heteroatoms. The molecular weight excluding hydrogens is 290 g/mol. The SMILES string of the molecule is CCCC(=O)NCC(=O)N1Cc2ccccc2N(C)C[C@H]1CC. The largest absolute Gasteiger partial charge is 0.372 e. The van der Waals surface area contributed by atoms with E-state index in [4.69, 9.17) is 0 Å². The van der Waals surface area contributed by atoms with Crippen LogP contribution in [0.15, 0.2) is 24.3 Å². The van der Waals surface area contributed by atoms with Crippen LogP contribution in [0.25, 0.3) is 0 Å². The number of nitrogens with one attached hydrogen (secondary N) is 1. The zero-order valence-corrected chi connectivity index (χ0v) is 14.3. The fourth-order valence-electron chi connectivity index (χ4n) is 3.08. The van der Waals surface area contributed by atoms with E-state index in [1.54, 1.807) is 0 Å². The maximum Gasteiger partial charge on any atom is 0.242 e. The Morgan fingerprint density at radius 1 is 1.26 bits per heavy atom. The van der Waals surface area contributed by atoms with Crippen molar-refractivity contribution < 1.29 is 9.59 Å². The maximum absolute atomic E-state index is 12.6. The van der Waals surface area contributed by atoms with Gasteiger partial charge in [0, 0.05) is 38.3 Å². The average Bonchev–Trinajstić information content (AvgIpc) is 2.70. The van der Waals surface area contributed by atoms with Gasteiger partial charge in [0.2, 0.25) is 11.8 Å². The monoisotopic (exact) mass is 317 g/mol. The van der Waals surface area contributed by atoms with Crippen LogP contribution >= 0.6 is 0 Å². The van der Waals surface area contributed by atoms with Gasteiger partial charge in [-0.05, 0) is 24.5 Å². The van der Waals surface area contributed by atoms with Crippen LogP contribution in [0, 0.1) is 0 Å². The van der Waals surface area contributed by atoms with Crippen molar-refractivity contribution in [3.8, 4) is 0 Å². The van der Waals surface area contributed by atoms with Crippen LogP contribution in [0.3, 0.4) is 0 Å². The lowest BCUT2D eigenvalue weighted by Gasteiger charge is -2.30. The molecule has 0 spiro atoms. The second-order valence-electron chi connectivity index (χ2n) is 6.12. The molecule has 1 N–H and O–H groups in total. The Labute approximate surface area is 138 Å². The number of hydrogen-bond donors (Lipinski definition) is 1. The molecule has 1 aliphatic rings. The lowest BCUT2D eigenvalue weighted by Crippen LogP contribution is -2.47. The van der Waals surface area contributed by atoms with Crippen molar-refractivity contribution >= 4 is 17.5 Å². The first-order chi connectivity index (χ1) is 11.1. The van der Waals surface area contributed by atoms with Gasteiger partial charge >= 0.3 is 0 Å². The van der Waals surface area contributed by atoms with E-state index in [0.29, 0.717) is 13.0 Å². The molecule has 1 aromatic carbocycles. The van der Waals surface area contributed by atoms with Crippen LogP contribution in [0.1, 0.15) is 38.7 Å². The molecule has 2 rings (SSSR count). The van der Waals surface area contributed by atoms with Crippen LogP contribution in [0.2, 0.25) is 0 Å². The number of likely N-dealkylation sites (N-methyl/N-ethyl adjacent to an activating group) is 1. The average molecular weight is 317 g/mol. The van der Waals surface area contributed by atoms with Crippen LogP contribution in [-0.2, 0) is 16.1 Å². The van der Waals surface area contributed by atoms with Gasteiger partial charge in [-0.1, -0.05) is 32.0 Å². The van der Waals surface area contributed by atoms with E-state index in [2.05, 4.69) is 36.3 Å². The van der Waals surface area contributed by atoms with Gasteiger partial charge in [0.15, 0.2) is 0 Å². The maximum atomic E-state index is 12.6. The smallest absolute Gasteiger partial charge is 0.242 e.